The molecule has 0 fully saturated rings. The first-order chi connectivity index (χ1) is 11.1. The van der Waals surface area contributed by atoms with Gasteiger partial charge in [0.1, 0.15) is 0 Å². The second-order valence-electron chi connectivity index (χ2n) is 5.24. The van der Waals surface area contributed by atoms with Gasteiger partial charge < -0.3 is 20.3 Å². The lowest BCUT2D eigenvalue weighted by Crippen LogP contribution is -2.40. The molecule has 0 aliphatic carbocycles. The lowest BCUT2D eigenvalue weighted by Gasteiger charge is -2.18. The van der Waals surface area contributed by atoms with Crippen molar-refractivity contribution in [3.8, 4) is 0 Å². The van der Waals surface area contributed by atoms with Crippen LogP contribution in [0.4, 0.5) is 0 Å². The summed E-state index contributed by atoms with van der Waals surface area (Å²) in [5.41, 5.74) is 0.982. The molecule has 0 saturated carbocycles. The van der Waals surface area contributed by atoms with Crippen molar-refractivity contribution in [2.24, 2.45) is 4.99 Å². The molecule has 130 valence electrons. The maximum absolute atomic E-state index is 6.16. The summed E-state index contributed by atoms with van der Waals surface area (Å²) in [6.07, 6.45) is 1.04. The Bertz CT molecular complexity index is 497. The van der Waals surface area contributed by atoms with Crippen LogP contribution in [0.25, 0.3) is 0 Å². The summed E-state index contributed by atoms with van der Waals surface area (Å²) in [4.78, 5) is 6.47. The molecule has 0 heterocycles. The third-order valence-electron chi connectivity index (χ3n) is 3.36. The Morgan fingerprint density at radius 2 is 2.04 bits per heavy atom. The maximum atomic E-state index is 6.16. The molecule has 0 spiro atoms. The Labute approximate surface area is 149 Å². The molecule has 0 aromatic heterocycles. The van der Waals surface area contributed by atoms with Gasteiger partial charge in [-0.3, -0.25) is 4.99 Å². The minimum absolute atomic E-state index is 0.597. The van der Waals surface area contributed by atoms with E-state index in [0.29, 0.717) is 16.6 Å². The highest BCUT2D eigenvalue weighted by molar-refractivity contribution is 6.35. The lowest BCUT2D eigenvalue weighted by atomic mass is 10.2. The number of methoxy groups -OCH3 is 1. The Kier molecular flexibility index (Phi) is 10.0. The van der Waals surface area contributed by atoms with E-state index in [1.165, 1.54) is 0 Å². The quantitative estimate of drug-likeness (QED) is 0.403. The first kappa shape index (κ1) is 20.0. The zero-order valence-electron chi connectivity index (χ0n) is 14.0. The lowest BCUT2D eigenvalue weighted by molar-refractivity contribution is 0.180. The van der Waals surface area contributed by atoms with Crippen LogP contribution < -0.4 is 10.6 Å². The second kappa shape index (κ2) is 11.5. The highest BCUT2D eigenvalue weighted by Crippen LogP contribution is 2.20. The van der Waals surface area contributed by atoms with E-state index in [1.807, 2.05) is 12.1 Å². The first-order valence-electron chi connectivity index (χ1n) is 7.62. The van der Waals surface area contributed by atoms with Crippen LogP contribution in [0, 0.1) is 0 Å². The minimum atomic E-state index is 0.597. The van der Waals surface area contributed by atoms with Crippen molar-refractivity contribution in [3.63, 3.8) is 0 Å². The number of benzene rings is 1. The number of rotatable bonds is 9. The van der Waals surface area contributed by atoms with E-state index in [-0.39, 0.29) is 0 Å². The number of halogens is 2. The van der Waals surface area contributed by atoms with Gasteiger partial charge in [-0.15, -0.1) is 0 Å². The van der Waals surface area contributed by atoms with Crippen molar-refractivity contribution >= 4 is 29.2 Å². The van der Waals surface area contributed by atoms with Gasteiger partial charge in [0.05, 0.1) is 0 Å². The third-order valence-corrected chi connectivity index (χ3v) is 3.95. The van der Waals surface area contributed by atoms with Crippen molar-refractivity contribution in [1.82, 2.24) is 15.5 Å². The summed E-state index contributed by atoms with van der Waals surface area (Å²) < 4.78 is 5.05. The molecule has 1 aromatic rings. The molecule has 1 rings (SSSR count). The molecule has 0 bridgehead atoms. The minimum Gasteiger partial charge on any atom is -0.385 e. The Morgan fingerprint density at radius 1 is 1.26 bits per heavy atom. The van der Waals surface area contributed by atoms with E-state index in [0.717, 1.165) is 44.2 Å². The molecule has 2 N–H and O–H groups in total. The SMILES string of the molecule is CN=C(NCCN(C)CCCOC)NCc1ccc(Cl)cc1Cl. The van der Waals surface area contributed by atoms with Crippen LogP contribution in [0.5, 0.6) is 0 Å². The Balaban J connectivity index is 2.29. The molecule has 0 saturated heterocycles. The topological polar surface area (TPSA) is 48.9 Å². The summed E-state index contributed by atoms with van der Waals surface area (Å²) in [5.74, 6) is 0.751. The molecule has 0 aliphatic rings. The van der Waals surface area contributed by atoms with Crippen LogP contribution in [0.3, 0.4) is 0 Å². The molecule has 23 heavy (non-hydrogen) atoms. The molecule has 1 aromatic carbocycles. The van der Waals surface area contributed by atoms with Crippen LogP contribution in [0.15, 0.2) is 23.2 Å². The molecular weight excluding hydrogens is 335 g/mol. The smallest absolute Gasteiger partial charge is 0.191 e. The van der Waals surface area contributed by atoms with Crippen molar-refractivity contribution < 1.29 is 4.74 Å². The van der Waals surface area contributed by atoms with Crippen molar-refractivity contribution in [1.29, 1.82) is 0 Å². The van der Waals surface area contributed by atoms with E-state index in [2.05, 4.69) is 27.6 Å². The number of nitrogens with zero attached hydrogens (tertiary/aromatic N) is 2. The van der Waals surface area contributed by atoms with Crippen LogP contribution in [0.1, 0.15) is 12.0 Å². The van der Waals surface area contributed by atoms with Gasteiger partial charge in [-0.25, -0.2) is 0 Å². The van der Waals surface area contributed by atoms with E-state index in [1.54, 1.807) is 20.2 Å². The van der Waals surface area contributed by atoms with Crippen LogP contribution in [0.2, 0.25) is 10.0 Å². The van der Waals surface area contributed by atoms with Gasteiger partial charge in [0.2, 0.25) is 0 Å². The molecule has 5 nitrogen and oxygen atoms in total. The summed E-state index contributed by atoms with van der Waals surface area (Å²) in [7, 11) is 5.58. The highest BCUT2D eigenvalue weighted by Gasteiger charge is 2.04. The maximum Gasteiger partial charge on any atom is 0.191 e. The average molecular weight is 361 g/mol. The summed E-state index contributed by atoms with van der Waals surface area (Å²) in [6.45, 7) is 4.16. The molecule has 0 unspecified atom stereocenters. The summed E-state index contributed by atoms with van der Waals surface area (Å²) >= 11 is 12.1. The van der Waals surface area contributed by atoms with Gasteiger partial charge in [-0.1, -0.05) is 29.3 Å². The third kappa shape index (κ3) is 8.42. The van der Waals surface area contributed by atoms with Gasteiger partial charge in [-0.2, -0.15) is 0 Å². The second-order valence-corrected chi connectivity index (χ2v) is 6.08. The summed E-state index contributed by atoms with van der Waals surface area (Å²) in [5, 5.41) is 7.82. The van der Waals surface area contributed by atoms with E-state index >= 15 is 0 Å². The van der Waals surface area contributed by atoms with Crippen molar-refractivity contribution in [2.75, 3.05) is 47.4 Å². The van der Waals surface area contributed by atoms with Gasteiger partial charge in [-0.05, 0) is 31.2 Å². The van der Waals surface area contributed by atoms with Gasteiger partial charge in [0.15, 0.2) is 5.96 Å². The molecule has 0 atom stereocenters. The number of likely N-dealkylation sites (N-methyl/N-ethyl adjacent to an activating group) is 1. The normalized spacial score (nSPS) is 11.8. The fourth-order valence-corrected chi connectivity index (χ4v) is 2.50. The molecular formula is C16H26Cl2N4O. The Hall–Kier alpha value is -1.01. The number of hydrogen-bond acceptors (Lipinski definition) is 3. The molecule has 0 amide bonds. The van der Waals surface area contributed by atoms with Crippen LogP contribution in [-0.2, 0) is 11.3 Å². The van der Waals surface area contributed by atoms with Crippen LogP contribution >= 0.6 is 23.2 Å². The average Bonchev–Trinajstić information content (AvgIpc) is 2.52. The molecule has 7 heteroatoms. The number of hydrogen-bond donors (Lipinski definition) is 2. The predicted octanol–water partition coefficient (Wildman–Crippen LogP) is 2.63. The summed E-state index contributed by atoms with van der Waals surface area (Å²) in [6, 6.07) is 5.48. The fraction of sp³-hybridized carbons (Fsp3) is 0.562. The predicted molar refractivity (Wildman–Crippen MR) is 98.7 cm³/mol. The number of nitrogens with one attached hydrogen (secondary N) is 2. The van der Waals surface area contributed by atoms with Crippen LogP contribution in [-0.4, -0.2) is 58.3 Å². The largest absolute Gasteiger partial charge is 0.385 e. The monoisotopic (exact) mass is 360 g/mol. The zero-order chi connectivity index (χ0) is 17.1. The van der Waals surface area contributed by atoms with Crippen molar-refractivity contribution in [2.45, 2.75) is 13.0 Å². The zero-order valence-corrected chi connectivity index (χ0v) is 15.5. The molecule has 0 aliphatic heterocycles. The Morgan fingerprint density at radius 3 is 2.70 bits per heavy atom. The number of guanidine groups is 1. The van der Waals surface area contributed by atoms with Crippen molar-refractivity contribution in [3.05, 3.63) is 33.8 Å². The number of ether oxygens (including phenoxy) is 1. The van der Waals surface area contributed by atoms with Gasteiger partial charge in [0.25, 0.3) is 0 Å². The first-order valence-corrected chi connectivity index (χ1v) is 8.38. The number of aliphatic imine (C=N–C) groups is 1. The van der Waals surface area contributed by atoms with E-state index in [9.17, 15) is 0 Å². The van der Waals surface area contributed by atoms with Gasteiger partial charge >= 0.3 is 0 Å². The van der Waals surface area contributed by atoms with Gasteiger partial charge in [0, 0.05) is 57.0 Å². The van der Waals surface area contributed by atoms with E-state index < -0.39 is 0 Å². The highest BCUT2D eigenvalue weighted by atomic mass is 35.5. The fourth-order valence-electron chi connectivity index (χ4n) is 2.02. The standard InChI is InChI=1S/C16H26Cl2N4O/c1-19-16(20-7-9-22(2)8-4-10-23-3)21-12-13-5-6-14(17)11-15(13)18/h5-6,11H,4,7-10,12H2,1-3H3,(H2,19,20,21). The van der Waals surface area contributed by atoms with E-state index in [4.69, 9.17) is 27.9 Å². The molecule has 0 radical (unpaired) electrons.